The number of ketones is 1. The van der Waals surface area contributed by atoms with Crippen LogP contribution in [0, 0.1) is 16.0 Å². The molecule has 1 aliphatic heterocycles. The number of aromatic hydroxyl groups is 1. The highest BCUT2D eigenvalue weighted by molar-refractivity contribution is 7.10. The number of nitro benzene ring substituents is 1. The highest BCUT2D eigenvalue weighted by Gasteiger charge is 2.42. The first-order valence-corrected chi connectivity index (χ1v) is 12.5. The SMILES string of the molecule is COc1cc([C@@H]2C(C(=O)OCC(C)C)=C(C)NC3=C2C(=O)C[C@@H](c2cccs2)C3)cc([N+](=O)[O-])c1O. The lowest BCUT2D eigenvalue weighted by Gasteiger charge is -2.36. The van der Waals surface area contributed by atoms with E-state index in [1.165, 1.54) is 19.2 Å². The van der Waals surface area contributed by atoms with Crippen molar-refractivity contribution < 1.29 is 29.1 Å². The Morgan fingerprint density at radius 1 is 1.33 bits per heavy atom. The molecule has 0 fully saturated rings. The van der Waals surface area contributed by atoms with Gasteiger partial charge in [0.15, 0.2) is 11.5 Å². The minimum absolute atomic E-state index is 0.00432. The van der Waals surface area contributed by atoms with Crippen LogP contribution in [0.1, 0.15) is 55.9 Å². The monoisotopic (exact) mass is 512 g/mol. The maximum atomic E-state index is 13.6. The highest BCUT2D eigenvalue weighted by Crippen LogP contribution is 2.49. The first kappa shape index (κ1) is 25.4. The quantitative estimate of drug-likeness (QED) is 0.304. The van der Waals surface area contributed by atoms with E-state index in [1.807, 2.05) is 31.4 Å². The van der Waals surface area contributed by atoms with Crippen LogP contribution in [-0.4, -0.2) is 35.5 Å². The van der Waals surface area contributed by atoms with Crippen molar-refractivity contribution in [3.8, 4) is 11.5 Å². The van der Waals surface area contributed by atoms with Crippen molar-refractivity contribution in [3.05, 3.63) is 72.7 Å². The number of phenolic OH excluding ortho intramolecular Hbond substituents is 1. The number of methoxy groups -OCH3 is 1. The van der Waals surface area contributed by atoms with E-state index < -0.39 is 28.2 Å². The summed E-state index contributed by atoms with van der Waals surface area (Å²) in [5.41, 5.74) is 1.51. The van der Waals surface area contributed by atoms with Crippen LogP contribution in [-0.2, 0) is 14.3 Å². The number of dihydropyridines is 1. The number of rotatable bonds is 7. The number of benzene rings is 1. The highest BCUT2D eigenvalue weighted by atomic mass is 32.1. The van der Waals surface area contributed by atoms with Gasteiger partial charge in [-0.3, -0.25) is 14.9 Å². The van der Waals surface area contributed by atoms with Crippen molar-refractivity contribution in [1.82, 2.24) is 5.32 Å². The number of carbonyl (C=O) groups excluding carboxylic acids is 2. The number of Topliss-reactive ketones (excluding diaryl/α,β-unsaturated/α-hetero) is 1. The van der Waals surface area contributed by atoms with Crippen LogP contribution in [0.15, 0.2) is 52.2 Å². The van der Waals surface area contributed by atoms with Crippen LogP contribution in [0.4, 0.5) is 5.69 Å². The Kier molecular flexibility index (Phi) is 7.16. The number of allylic oxidation sites excluding steroid dienone is 3. The Balaban J connectivity index is 1.88. The van der Waals surface area contributed by atoms with E-state index in [0.717, 1.165) is 4.88 Å². The van der Waals surface area contributed by atoms with Crippen molar-refractivity contribution in [2.45, 2.75) is 45.4 Å². The number of ether oxygens (including phenoxy) is 2. The number of carbonyl (C=O) groups is 2. The first-order valence-electron chi connectivity index (χ1n) is 11.6. The Bertz CT molecular complexity index is 1280. The van der Waals surface area contributed by atoms with E-state index in [2.05, 4.69) is 5.32 Å². The molecule has 4 rings (SSSR count). The Morgan fingerprint density at radius 3 is 2.69 bits per heavy atom. The summed E-state index contributed by atoms with van der Waals surface area (Å²) in [7, 11) is 1.28. The molecule has 0 saturated heterocycles. The maximum Gasteiger partial charge on any atom is 0.336 e. The second-order valence-corrected chi connectivity index (χ2v) is 10.4. The Morgan fingerprint density at radius 2 is 2.08 bits per heavy atom. The van der Waals surface area contributed by atoms with Gasteiger partial charge in [0.25, 0.3) is 0 Å². The third-order valence-electron chi connectivity index (χ3n) is 6.37. The smallest absolute Gasteiger partial charge is 0.336 e. The van der Waals surface area contributed by atoms with Crippen molar-refractivity contribution in [3.63, 3.8) is 0 Å². The molecule has 0 spiro atoms. The molecule has 36 heavy (non-hydrogen) atoms. The molecule has 2 aromatic rings. The van der Waals surface area contributed by atoms with Gasteiger partial charge < -0.3 is 19.9 Å². The summed E-state index contributed by atoms with van der Waals surface area (Å²) in [4.78, 5) is 39.0. The van der Waals surface area contributed by atoms with E-state index in [9.17, 15) is 24.8 Å². The second-order valence-electron chi connectivity index (χ2n) is 9.37. The average Bonchev–Trinajstić information content (AvgIpc) is 3.36. The van der Waals surface area contributed by atoms with E-state index >= 15 is 0 Å². The molecule has 1 aliphatic carbocycles. The number of nitro groups is 1. The van der Waals surface area contributed by atoms with Crippen LogP contribution in [0.2, 0.25) is 0 Å². The first-order chi connectivity index (χ1) is 17.1. The van der Waals surface area contributed by atoms with Gasteiger partial charge in [-0.05, 0) is 42.3 Å². The molecule has 10 heteroatoms. The lowest BCUT2D eigenvalue weighted by molar-refractivity contribution is -0.386. The van der Waals surface area contributed by atoms with Crippen molar-refractivity contribution in [2.24, 2.45) is 5.92 Å². The minimum atomic E-state index is -0.911. The number of esters is 1. The van der Waals surface area contributed by atoms with Gasteiger partial charge in [0.2, 0.25) is 5.75 Å². The number of nitrogens with zero attached hydrogens (tertiary/aromatic N) is 1. The fourth-order valence-corrected chi connectivity index (χ4v) is 5.59. The summed E-state index contributed by atoms with van der Waals surface area (Å²) in [6.07, 6.45) is 0.809. The number of hydrogen-bond acceptors (Lipinski definition) is 9. The summed E-state index contributed by atoms with van der Waals surface area (Å²) in [6, 6.07) is 6.58. The third-order valence-corrected chi connectivity index (χ3v) is 7.40. The summed E-state index contributed by atoms with van der Waals surface area (Å²) >= 11 is 1.59. The molecule has 0 saturated carbocycles. The molecule has 0 bridgehead atoms. The van der Waals surface area contributed by atoms with Gasteiger partial charge >= 0.3 is 11.7 Å². The molecule has 0 radical (unpaired) electrons. The van der Waals surface area contributed by atoms with Gasteiger partial charge in [-0.2, -0.15) is 0 Å². The molecule has 190 valence electrons. The second kappa shape index (κ2) is 10.1. The molecule has 0 amide bonds. The molecule has 9 nitrogen and oxygen atoms in total. The van der Waals surface area contributed by atoms with E-state index in [4.69, 9.17) is 9.47 Å². The molecule has 2 N–H and O–H groups in total. The molecule has 2 aliphatic rings. The van der Waals surface area contributed by atoms with Crippen LogP contribution in [0.25, 0.3) is 0 Å². The number of nitrogens with one attached hydrogen (secondary N) is 1. The fourth-order valence-electron chi connectivity index (χ4n) is 4.76. The van der Waals surface area contributed by atoms with Gasteiger partial charge in [-0.25, -0.2) is 4.79 Å². The lowest BCUT2D eigenvalue weighted by Crippen LogP contribution is -2.36. The minimum Gasteiger partial charge on any atom is -0.500 e. The molecule has 1 aromatic heterocycles. The Hall–Kier alpha value is -3.66. The zero-order chi connectivity index (χ0) is 26.1. The van der Waals surface area contributed by atoms with Crippen molar-refractivity contribution in [2.75, 3.05) is 13.7 Å². The number of phenols is 1. The van der Waals surface area contributed by atoms with Gasteiger partial charge in [0.1, 0.15) is 0 Å². The summed E-state index contributed by atoms with van der Waals surface area (Å²) in [5, 5.41) is 27.3. The van der Waals surface area contributed by atoms with Crippen LogP contribution >= 0.6 is 11.3 Å². The largest absolute Gasteiger partial charge is 0.500 e. The molecule has 1 aromatic carbocycles. The Labute approximate surface area is 212 Å². The summed E-state index contributed by atoms with van der Waals surface area (Å²) < 4.78 is 10.7. The molecule has 2 atom stereocenters. The number of hydrogen-bond donors (Lipinski definition) is 2. The van der Waals surface area contributed by atoms with Gasteiger partial charge in [0, 0.05) is 46.2 Å². The van der Waals surface area contributed by atoms with Crippen LogP contribution in [0.5, 0.6) is 11.5 Å². The molecule has 0 unspecified atom stereocenters. The van der Waals surface area contributed by atoms with Gasteiger partial charge in [-0.1, -0.05) is 19.9 Å². The fraction of sp³-hybridized carbons (Fsp3) is 0.385. The van der Waals surface area contributed by atoms with E-state index in [1.54, 1.807) is 18.3 Å². The zero-order valence-electron chi connectivity index (χ0n) is 20.5. The van der Waals surface area contributed by atoms with Gasteiger partial charge in [0.05, 0.1) is 24.2 Å². The predicted molar refractivity (Wildman–Crippen MR) is 134 cm³/mol. The standard InChI is InChI=1S/C26H28N2O7S/c1-13(2)12-35-26(31)22-14(3)27-17-8-15(21-6-5-7-36-21)10-19(29)24(17)23(22)16-9-18(28(32)33)25(30)20(11-16)34-4/h5-7,9,11,13,15,23,27,30H,8,10,12H2,1-4H3/t15-,23+/m0/s1. The summed E-state index contributed by atoms with van der Waals surface area (Å²) in [5.74, 6) is -2.31. The normalized spacial score (nSPS) is 19.8. The van der Waals surface area contributed by atoms with Gasteiger partial charge in [-0.15, -0.1) is 11.3 Å². The molecule has 2 heterocycles. The lowest BCUT2D eigenvalue weighted by atomic mass is 9.72. The van der Waals surface area contributed by atoms with E-state index in [-0.39, 0.29) is 42.0 Å². The average molecular weight is 513 g/mol. The third kappa shape index (κ3) is 4.73. The molecular formula is C26H28N2O7S. The van der Waals surface area contributed by atoms with Crippen LogP contribution in [0.3, 0.4) is 0 Å². The molecular weight excluding hydrogens is 484 g/mol. The zero-order valence-corrected chi connectivity index (χ0v) is 21.3. The predicted octanol–water partition coefficient (Wildman–Crippen LogP) is 4.93. The topological polar surface area (TPSA) is 128 Å². The summed E-state index contributed by atoms with van der Waals surface area (Å²) in [6.45, 7) is 5.74. The maximum absolute atomic E-state index is 13.6. The van der Waals surface area contributed by atoms with E-state index in [0.29, 0.717) is 29.0 Å². The van der Waals surface area contributed by atoms with Crippen molar-refractivity contribution >= 4 is 28.8 Å². The van der Waals surface area contributed by atoms with Crippen LogP contribution < -0.4 is 10.1 Å². The van der Waals surface area contributed by atoms with Crippen molar-refractivity contribution in [1.29, 1.82) is 0 Å². The number of thiophene rings is 1.